The molecule has 4 nitrogen and oxygen atoms in total. The van der Waals surface area contributed by atoms with E-state index in [0.717, 1.165) is 49.9 Å². The van der Waals surface area contributed by atoms with Crippen LogP contribution in [-0.2, 0) is 0 Å². The third-order valence-electron chi connectivity index (χ3n) is 3.24. The highest BCUT2D eigenvalue weighted by molar-refractivity contribution is 7.13. The number of anilines is 1. The molecule has 2 aromatic heterocycles. The lowest BCUT2D eigenvalue weighted by molar-refractivity contribution is 0.724. The summed E-state index contributed by atoms with van der Waals surface area (Å²) in [6.07, 6.45) is 1.14. The molecule has 19 heavy (non-hydrogen) atoms. The smallest absolute Gasteiger partial charge is 0.226 e. The lowest BCUT2D eigenvalue weighted by atomic mass is 10.3. The second kappa shape index (κ2) is 5.67. The first-order valence-electron chi connectivity index (χ1n) is 6.68. The van der Waals surface area contributed by atoms with Gasteiger partial charge in [-0.15, -0.1) is 11.3 Å². The molecule has 1 fully saturated rings. The van der Waals surface area contributed by atoms with Gasteiger partial charge in [-0.2, -0.15) is 0 Å². The minimum Gasteiger partial charge on any atom is -0.339 e. The van der Waals surface area contributed by atoms with Crippen molar-refractivity contribution in [3.8, 4) is 10.6 Å². The summed E-state index contributed by atoms with van der Waals surface area (Å²) in [7, 11) is 0. The fourth-order valence-electron chi connectivity index (χ4n) is 2.29. The summed E-state index contributed by atoms with van der Waals surface area (Å²) < 4.78 is 0. The maximum absolute atomic E-state index is 4.74. The maximum atomic E-state index is 4.74. The molecule has 100 valence electrons. The largest absolute Gasteiger partial charge is 0.339 e. The average Bonchev–Trinajstić information content (AvgIpc) is 2.81. The molecule has 1 aliphatic rings. The van der Waals surface area contributed by atoms with Crippen molar-refractivity contribution >= 4 is 17.3 Å². The predicted molar refractivity (Wildman–Crippen MR) is 79.8 cm³/mol. The summed E-state index contributed by atoms with van der Waals surface area (Å²) in [6.45, 7) is 6.14. The van der Waals surface area contributed by atoms with E-state index in [1.165, 1.54) is 4.88 Å². The zero-order valence-electron chi connectivity index (χ0n) is 11.1. The van der Waals surface area contributed by atoms with Gasteiger partial charge >= 0.3 is 0 Å². The van der Waals surface area contributed by atoms with Crippen LogP contribution in [0.5, 0.6) is 0 Å². The molecule has 1 saturated heterocycles. The van der Waals surface area contributed by atoms with Crippen molar-refractivity contribution in [1.29, 1.82) is 0 Å². The minimum atomic E-state index is 0.868. The fraction of sp³-hybridized carbons (Fsp3) is 0.429. The average molecular weight is 274 g/mol. The van der Waals surface area contributed by atoms with E-state index >= 15 is 0 Å². The number of thiophene rings is 1. The van der Waals surface area contributed by atoms with Gasteiger partial charge in [-0.05, 0) is 37.4 Å². The van der Waals surface area contributed by atoms with Gasteiger partial charge in [0.25, 0.3) is 0 Å². The summed E-state index contributed by atoms with van der Waals surface area (Å²) in [5, 5.41) is 5.49. The second-order valence-corrected chi connectivity index (χ2v) is 5.71. The number of hydrogen-bond donors (Lipinski definition) is 1. The van der Waals surface area contributed by atoms with E-state index < -0.39 is 0 Å². The molecule has 0 aromatic carbocycles. The minimum absolute atomic E-state index is 0.868. The molecule has 2 aromatic rings. The Morgan fingerprint density at radius 1 is 1.26 bits per heavy atom. The van der Waals surface area contributed by atoms with Gasteiger partial charge in [-0.1, -0.05) is 6.07 Å². The standard InChI is InChI=1S/C14H18N4S/c1-11-10-12(13-4-2-9-19-13)17-14(16-11)18-7-3-5-15-6-8-18/h2,4,9-10,15H,3,5-8H2,1H3. The van der Waals surface area contributed by atoms with Gasteiger partial charge in [-0.25, -0.2) is 9.97 Å². The van der Waals surface area contributed by atoms with Crippen LogP contribution in [0.2, 0.25) is 0 Å². The summed E-state index contributed by atoms with van der Waals surface area (Å²) >= 11 is 1.72. The molecule has 3 heterocycles. The Morgan fingerprint density at radius 3 is 3.05 bits per heavy atom. The van der Waals surface area contributed by atoms with Gasteiger partial charge in [0.05, 0.1) is 10.6 Å². The highest BCUT2D eigenvalue weighted by atomic mass is 32.1. The lowest BCUT2D eigenvalue weighted by Gasteiger charge is -2.20. The first kappa shape index (κ1) is 12.6. The molecule has 0 unspecified atom stereocenters. The van der Waals surface area contributed by atoms with E-state index in [2.05, 4.69) is 38.8 Å². The normalized spacial score (nSPS) is 16.4. The van der Waals surface area contributed by atoms with Crippen molar-refractivity contribution < 1.29 is 0 Å². The Balaban J connectivity index is 1.92. The van der Waals surface area contributed by atoms with Crippen LogP contribution in [-0.4, -0.2) is 36.1 Å². The number of hydrogen-bond acceptors (Lipinski definition) is 5. The topological polar surface area (TPSA) is 41.1 Å². The first-order valence-corrected chi connectivity index (χ1v) is 7.56. The first-order chi connectivity index (χ1) is 9.33. The molecule has 0 radical (unpaired) electrons. The zero-order valence-corrected chi connectivity index (χ0v) is 11.9. The van der Waals surface area contributed by atoms with E-state index in [4.69, 9.17) is 4.98 Å². The molecule has 0 atom stereocenters. The Morgan fingerprint density at radius 2 is 2.21 bits per heavy atom. The Labute approximate surface area is 117 Å². The van der Waals surface area contributed by atoms with Crippen LogP contribution in [0.3, 0.4) is 0 Å². The molecule has 0 saturated carbocycles. The Kier molecular flexibility index (Phi) is 3.75. The van der Waals surface area contributed by atoms with Gasteiger partial charge in [0, 0.05) is 25.3 Å². The van der Waals surface area contributed by atoms with E-state index in [1.54, 1.807) is 11.3 Å². The zero-order chi connectivity index (χ0) is 13.1. The van der Waals surface area contributed by atoms with E-state index in [-0.39, 0.29) is 0 Å². The number of nitrogens with one attached hydrogen (secondary N) is 1. The molecule has 1 N–H and O–H groups in total. The van der Waals surface area contributed by atoms with Crippen LogP contribution in [0, 0.1) is 6.92 Å². The van der Waals surface area contributed by atoms with E-state index in [1.807, 2.05) is 6.92 Å². The molecule has 5 heteroatoms. The molecular weight excluding hydrogens is 256 g/mol. The molecule has 0 amide bonds. The molecule has 0 spiro atoms. The van der Waals surface area contributed by atoms with Crippen LogP contribution < -0.4 is 10.2 Å². The quantitative estimate of drug-likeness (QED) is 0.912. The molecule has 1 aliphatic heterocycles. The van der Waals surface area contributed by atoms with Crippen molar-refractivity contribution in [3.63, 3.8) is 0 Å². The number of aromatic nitrogens is 2. The second-order valence-electron chi connectivity index (χ2n) is 4.76. The van der Waals surface area contributed by atoms with Gasteiger partial charge in [0.2, 0.25) is 5.95 Å². The van der Waals surface area contributed by atoms with Crippen molar-refractivity contribution in [2.24, 2.45) is 0 Å². The van der Waals surface area contributed by atoms with Crippen LogP contribution in [0.25, 0.3) is 10.6 Å². The summed E-state index contributed by atoms with van der Waals surface area (Å²) in [4.78, 5) is 12.8. The van der Waals surface area contributed by atoms with Crippen molar-refractivity contribution in [2.45, 2.75) is 13.3 Å². The molecular formula is C14H18N4S. The van der Waals surface area contributed by atoms with Gasteiger partial charge in [0.1, 0.15) is 0 Å². The van der Waals surface area contributed by atoms with Crippen LogP contribution >= 0.6 is 11.3 Å². The van der Waals surface area contributed by atoms with Crippen LogP contribution in [0.4, 0.5) is 5.95 Å². The third-order valence-corrected chi connectivity index (χ3v) is 4.13. The van der Waals surface area contributed by atoms with Crippen molar-refractivity contribution in [3.05, 3.63) is 29.3 Å². The molecule has 3 rings (SSSR count). The van der Waals surface area contributed by atoms with E-state index in [0.29, 0.717) is 0 Å². The number of nitrogens with zero attached hydrogens (tertiary/aromatic N) is 3. The van der Waals surface area contributed by atoms with Gasteiger partial charge in [0.15, 0.2) is 0 Å². The Hall–Kier alpha value is -1.46. The van der Waals surface area contributed by atoms with Crippen LogP contribution in [0.15, 0.2) is 23.6 Å². The maximum Gasteiger partial charge on any atom is 0.226 e. The summed E-state index contributed by atoms with van der Waals surface area (Å²) in [6, 6.07) is 6.23. The SMILES string of the molecule is Cc1cc(-c2cccs2)nc(N2CCCNCC2)n1. The lowest BCUT2D eigenvalue weighted by Crippen LogP contribution is -2.29. The fourth-order valence-corrected chi connectivity index (χ4v) is 2.98. The third kappa shape index (κ3) is 2.93. The van der Waals surface area contributed by atoms with Gasteiger partial charge < -0.3 is 10.2 Å². The van der Waals surface area contributed by atoms with E-state index in [9.17, 15) is 0 Å². The Bertz CT molecular complexity index is 530. The monoisotopic (exact) mass is 274 g/mol. The highest BCUT2D eigenvalue weighted by Crippen LogP contribution is 2.25. The van der Waals surface area contributed by atoms with Crippen molar-refractivity contribution in [1.82, 2.24) is 15.3 Å². The highest BCUT2D eigenvalue weighted by Gasteiger charge is 2.14. The predicted octanol–water partition coefficient (Wildman–Crippen LogP) is 2.31. The summed E-state index contributed by atoms with van der Waals surface area (Å²) in [5.74, 6) is 0.868. The van der Waals surface area contributed by atoms with Crippen molar-refractivity contribution in [2.75, 3.05) is 31.1 Å². The number of rotatable bonds is 2. The molecule has 0 aliphatic carbocycles. The van der Waals surface area contributed by atoms with Crippen LogP contribution in [0.1, 0.15) is 12.1 Å². The number of aryl methyl sites for hydroxylation is 1. The molecule has 0 bridgehead atoms. The summed E-state index contributed by atoms with van der Waals surface area (Å²) in [5.41, 5.74) is 2.07. The van der Waals surface area contributed by atoms with Gasteiger partial charge in [-0.3, -0.25) is 0 Å².